The lowest BCUT2D eigenvalue weighted by molar-refractivity contribution is -0.259. The van der Waals surface area contributed by atoms with Gasteiger partial charge >= 0.3 is 12.3 Å². The van der Waals surface area contributed by atoms with E-state index in [4.69, 9.17) is 4.74 Å². The molecule has 1 atom stereocenters. The number of amides is 1. The van der Waals surface area contributed by atoms with Gasteiger partial charge in [-0.05, 0) is 37.7 Å². The van der Waals surface area contributed by atoms with Crippen molar-refractivity contribution < 1.29 is 27.8 Å². The van der Waals surface area contributed by atoms with E-state index in [1.165, 1.54) is 6.92 Å². The number of alkyl carbamates (subject to hydrolysis) is 1. The highest BCUT2D eigenvalue weighted by Crippen LogP contribution is 2.33. The zero-order valence-electron chi connectivity index (χ0n) is 15.4. The third-order valence-electron chi connectivity index (χ3n) is 5.06. The van der Waals surface area contributed by atoms with Crippen molar-refractivity contribution in [1.82, 2.24) is 10.6 Å². The number of ether oxygens (including phenoxy) is 1. The molecule has 5 nitrogen and oxygen atoms in total. The van der Waals surface area contributed by atoms with Crippen LogP contribution >= 0.6 is 0 Å². The Morgan fingerprint density at radius 1 is 1.15 bits per heavy atom. The second kappa shape index (κ2) is 9.41. The molecular formula is C19H27F3N2O3. The van der Waals surface area contributed by atoms with Crippen LogP contribution in [0.5, 0.6) is 0 Å². The quantitative estimate of drug-likeness (QED) is 0.669. The summed E-state index contributed by atoms with van der Waals surface area (Å²) < 4.78 is 43.9. The minimum atomic E-state index is -4.66. The molecule has 27 heavy (non-hydrogen) atoms. The van der Waals surface area contributed by atoms with E-state index < -0.39 is 30.8 Å². The number of carbonyl (C=O) groups excluding carboxylic acids is 1. The third-order valence-corrected chi connectivity index (χ3v) is 5.06. The first kappa shape index (κ1) is 21.5. The molecule has 152 valence electrons. The number of aliphatic hydroxyl groups is 1. The van der Waals surface area contributed by atoms with Crippen LogP contribution in [-0.2, 0) is 11.3 Å². The highest BCUT2D eigenvalue weighted by atomic mass is 19.4. The molecule has 1 saturated carbocycles. The van der Waals surface area contributed by atoms with Crippen LogP contribution in [0.15, 0.2) is 30.3 Å². The zero-order chi connectivity index (χ0) is 19.9. The molecule has 2 rings (SSSR count). The summed E-state index contributed by atoms with van der Waals surface area (Å²) in [5.41, 5.74) is -1.81. The van der Waals surface area contributed by atoms with Gasteiger partial charge in [0.15, 0.2) is 5.60 Å². The van der Waals surface area contributed by atoms with E-state index in [0.717, 1.165) is 5.56 Å². The number of rotatable bonds is 7. The summed E-state index contributed by atoms with van der Waals surface area (Å²) >= 11 is 0. The topological polar surface area (TPSA) is 70.6 Å². The summed E-state index contributed by atoms with van der Waals surface area (Å²) in [6.07, 6.45) is -3.00. The predicted molar refractivity (Wildman–Crippen MR) is 95.1 cm³/mol. The van der Waals surface area contributed by atoms with Gasteiger partial charge in [-0.25, -0.2) is 4.79 Å². The fraction of sp³-hybridized carbons (Fsp3) is 0.632. The normalized spacial score (nSPS) is 22.7. The molecule has 0 saturated heterocycles. The minimum Gasteiger partial charge on any atom is -0.445 e. The fourth-order valence-corrected chi connectivity index (χ4v) is 3.11. The van der Waals surface area contributed by atoms with Gasteiger partial charge in [0, 0.05) is 18.6 Å². The molecule has 3 N–H and O–H groups in total. The van der Waals surface area contributed by atoms with E-state index in [0.29, 0.717) is 25.7 Å². The lowest BCUT2D eigenvalue weighted by Gasteiger charge is -2.34. The summed E-state index contributed by atoms with van der Waals surface area (Å²) in [6.45, 7) is 0.989. The van der Waals surface area contributed by atoms with Gasteiger partial charge in [-0.1, -0.05) is 37.3 Å². The summed E-state index contributed by atoms with van der Waals surface area (Å²) in [4.78, 5) is 11.9. The van der Waals surface area contributed by atoms with Gasteiger partial charge in [-0.2, -0.15) is 13.2 Å². The van der Waals surface area contributed by atoms with Crippen molar-refractivity contribution in [2.45, 2.75) is 69.5 Å². The summed E-state index contributed by atoms with van der Waals surface area (Å²) in [6, 6.07) is 9.17. The van der Waals surface area contributed by atoms with Gasteiger partial charge in [0.05, 0.1) is 0 Å². The SMILES string of the molecule is CCC(O)(CNC1CCC(NC(=O)OCc2ccccc2)CC1)C(F)(F)F. The third kappa shape index (κ3) is 6.39. The molecule has 1 aliphatic rings. The van der Waals surface area contributed by atoms with Crippen molar-refractivity contribution in [2.24, 2.45) is 0 Å². The second-order valence-electron chi connectivity index (χ2n) is 7.02. The molecule has 1 aromatic carbocycles. The number of hydrogen-bond donors (Lipinski definition) is 3. The van der Waals surface area contributed by atoms with E-state index in [-0.39, 0.29) is 18.7 Å². The Kier molecular flexibility index (Phi) is 7.49. The maximum Gasteiger partial charge on any atom is 0.418 e. The van der Waals surface area contributed by atoms with Gasteiger partial charge < -0.3 is 20.5 Å². The Hall–Kier alpha value is -1.80. The number of carbonyl (C=O) groups is 1. The number of benzene rings is 1. The van der Waals surface area contributed by atoms with Gasteiger partial charge in [-0.3, -0.25) is 0 Å². The molecule has 0 heterocycles. The number of alkyl halides is 3. The molecule has 1 amide bonds. The zero-order valence-corrected chi connectivity index (χ0v) is 15.4. The molecule has 0 aliphatic heterocycles. The fourth-order valence-electron chi connectivity index (χ4n) is 3.11. The largest absolute Gasteiger partial charge is 0.445 e. The molecule has 0 aromatic heterocycles. The lowest BCUT2D eigenvalue weighted by atomic mass is 9.90. The standard InChI is InChI=1S/C19H27F3N2O3/c1-2-18(26,19(20,21)22)13-23-15-8-10-16(11-9-15)24-17(25)27-12-14-6-4-3-5-7-14/h3-7,15-16,23,26H,2,8-13H2,1H3,(H,24,25). The Balaban J connectivity index is 1.68. The van der Waals surface area contributed by atoms with Gasteiger partial charge in [0.25, 0.3) is 0 Å². The van der Waals surface area contributed by atoms with Crippen molar-refractivity contribution >= 4 is 6.09 Å². The van der Waals surface area contributed by atoms with Crippen molar-refractivity contribution in [3.8, 4) is 0 Å². The first-order valence-electron chi connectivity index (χ1n) is 9.23. The lowest BCUT2D eigenvalue weighted by Crippen LogP contribution is -2.54. The average molecular weight is 388 g/mol. The van der Waals surface area contributed by atoms with Gasteiger partial charge in [0.2, 0.25) is 0 Å². The van der Waals surface area contributed by atoms with Gasteiger partial charge in [0.1, 0.15) is 6.61 Å². The molecule has 8 heteroatoms. The summed E-state index contributed by atoms with van der Waals surface area (Å²) in [5, 5.41) is 15.4. The first-order chi connectivity index (χ1) is 12.7. The van der Waals surface area contributed by atoms with E-state index in [2.05, 4.69) is 10.6 Å². The number of halogens is 3. The van der Waals surface area contributed by atoms with Crippen LogP contribution < -0.4 is 10.6 Å². The molecule has 0 radical (unpaired) electrons. The van der Waals surface area contributed by atoms with Crippen LogP contribution in [0.25, 0.3) is 0 Å². The maximum atomic E-state index is 12.9. The summed E-state index contributed by atoms with van der Waals surface area (Å²) in [7, 11) is 0. The molecule has 1 fully saturated rings. The molecule has 1 unspecified atom stereocenters. The van der Waals surface area contributed by atoms with Crippen molar-refractivity contribution in [3.05, 3.63) is 35.9 Å². The molecule has 1 aromatic rings. The Morgan fingerprint density at radius 2 is 1.74 bits per heavy atom. The Morgan fingerprint density at radius 3 is 2.30 bits per heavy atom. The van der Waals surface area contributed by atoms with E-state index >= 15 is 0 Å². The van der Waals surface area contributed by atoms with Crippen molar-refractivity contribution in [3.63, 3.8) is 0 Å². The molecular weight excluding hydrogens is 361 g/mol. The van der Waals surface area contributed by atoms with Crippen LogP contribution in [0.1, 0.15) is 44.6 Å². The Bertz CT molecular complexity index is 590. The van der Waals surface area contributed by atoms with Crippen LogP contribution in [0.4, 0.5) is 18.0 Å². The van der Waals surface area contributed by atoms with Crippen LogP contribution in [0.3, 0.4) is 0 Å². The first-order valence-corrected chi connectivity index (χ1v) is 9.23. The van der Waals surface area contributed by atoms with Crippen LogP contribution in [0, 0.1) is 0 Å². The molecule has 0 spiro atoms. The van der Waals surface area contributed by atoms with E-state index in [1.807, 2.05) is 30.3 Å². The average Bonchev–Trinajstić information content (AvgIpc) is 2.65. The van der Waals surface area contributed by atoms with Crippen molar-refractivity contribution in [1.29, 1.82) is 0 Å². The molecule has 0 bridgehead atoms. The van der Waals surface area contributed by atoms with Crippen LogP contribution in [0.2, 0.25) is 0 Å². The second-order valence-corrected chi connectivity index (χ2v) is 7.02. The smallest absolute Gasteiger partial charge is 0.418 e. The highest BCUT2D eigenvalue weighted by Gasteiger charge is 2.52. The minimum absolute atomic E-state index is 0.0565. The Labute approximate surface area is 157 Å². The summed E-state index contributed by atoms with van der Waals surface area (Å²) in [5.74, 6) is 0. The monoisotopic (exact) mass is 388 g/mol. The number of hydrogen-bond acceptors (Lipinski definition) is 4. The maximum absolute atomic E-state index is 12.9. The van der Waals surface area contributed by atoms with Crippen molar-refractivity contribution in [2.75, 3.05) is 6.54 Å². The van der Waals surface area contributed by atoms with E-state index in [9.17, 15) is 23.1 Å². The van der Waals surface area contributed by atoms with Gasteiger partial charge in [-0.15, -0.1) is 0 Å². The van der Waals surface area contributed by atoms with Crippen LogP contribution in [-0.4, -0.2) is 41.6 Å². The van der Waals surface area contributed by atoms with E-state index in [1.54, 1.807) is 0 Å². The number of nitrogens with one attached hydrogen (secondary N) is 2. The predicted octanol–water partition coefficient (Wildman–Crippen LogP) is 3.52. The highest BCUT2D eigenvalue weighted by molar-refractivity contribution is 5.67. The molecule has 1 aliphatic carbocycles.